The molecule has 0 saturated heterocycles. The van der Waals surface area contributed by atoms with Gasteiger partial charge in [-0.25, -0.2) is 4.39 Å². The topological polar surface area (TPSA) is 9.23 Å². The molecule has 1 nitrogen and oxygen atoms in total. The minimum absolute atomic E-state index is 0.0472. The number of halogens is 4. The fourth-order valence-electron chi connectivity index (χ4n) is 1.38. The molecule has 0 aliphatic carbocycles. The van der Waals surface area contributed by atoms with Crippen LogP contribution >= 0.6 is 34.8 Å². The first-order chi connectivity index (χ1) is 8.60. The highest BCUT2D eigenvalue weighted by molar-refractivity contribution is 6.32. The Morgan fingerprint density at radius 3 is 2.39 bits per heavy atom. The van der Waals surface area contributed by atoms with Gasteiger partial charge in [0, 0.05) is 11.9 Å². The molecule has 94 valence electrons. The van der Waals surface area contributed by atoms with E-state index < -0.39 is 5.82 Å². The van der Waals surface area contributed by atoms with Crippen LogP contribution in [0.15, 0.2) is 36.4 Å². The Morgan fingerprint density at radius 1 is 1.00 bits per heavy atom. The van der Waals surface area contributed by atoms with Crippen molar-refractivity contribution in [3.05, 3.63) is 57.8 Å². The molecule has 0 fully saturated rings. The van der Waals surface area contributed by atoms with Gasteiger partial charge in [-0.05, 0) is 29.8 Å². The lowest BCUT2D eigenvalue weighted by molar-refractivity contribution is 0.477. The van der Waals surface area contributed by atoms with E-state index in [1.165, 1.54) is 12.1 Å². The SMILES string of the molecule is Fc1cc(Oc2ccc(CCl)cc2Cl)ccc1Cl. The van der Waals surface area contributed by atoms with E-state index in [2.05, 4.69) is 0 Å². The predicted molar refractivity (Wildman–Crippen MR) is 72.5 cm³/mol. The van der Waals surface area contributed by atoms with Crippen LogP contribution < -0.4 is 4.74 Å². The molecule has 2 rings (SSSR count). The van der Waals surface area contributed by atoms with E-state index in [1.54, 1.807) is 24.3 Å². The Bertz CT molecular complexity index is 572. The Hall–Kier alpha value is -0.960. The van der Waals surface area contributed by atoms with Crippen molar-refractivity contribution >= 4 is 34.8 Å². The van der Waals surface area contributed by atoms with E-state index >= 15 is 0 Å². The van der Waals surface area contributed by atoms with E-state index in [4.69, 9.17) is 39.5 Å². The second-order valence-electron chi connectivity index (χ2n) is 3.58. The third-order valence-corrected chi connectivity index (χ3v) is 3.18. The number of benzene rings is 2. The molecule has 0 aliphatic heterocycles. The summed E-state index contributed by atoms with van der Waals surface area (Å²) in [5.74, 6) is 0.600. The van der Waals surface area contributed by atoms with Crippen molar-refractivity contribution in [1.29, 1.82) is 0 Å². The van der Waals surface area contributed by atoms with Crippen molar-refractivity contribution < 1.29 is 9.13 Å². The molecule has 0 spiro atoms. The Morgan fingerprint density at radius 2 is 1.78 bits per heavy atom. The van der Waals surface area contributed by atoms with Gasteiger partial charge < -0.3 is 4.74 Å². The van der Waals surface area contributed by atoms with Crippen molar-refractivity contribution in [2.75, 3.05) is 0 Å². The second-order valence-corrected chi connectivity index (χ2v) is 4.66. The quantitative estimate of drug-likeness (QED) is 0.664. The minimum Gasteiger partial charge on any atom is -0.456 e. The van der Waals surface area contributed by atoms with Gasteiger partial charge in [-0.15, -0.1) is 11.6 Å². The maximum absolute atomic E-state index is 13.2. The van der Waals surface area contributed by atoms with Crippen molar-refractivity contribution in [3.8, 4) is 11.5 Å². The van der Waals surface area contributed by atoms with Crippen molar-refractivity contribution in [2.24, 2.45) is 0 Å². The van der Waals surface area contributed by atoms with Gasteiger partial charge in [-0.2, -0.15) is 0 Å². The number of hydrogen-bond acceptors (Lipinski definition) is 1. The third-order valence-electron chi connectivity index (χ3n) is 2.27. The molecule has 2 aromatic rings. The van der Waals surface area contributed by atoms with Crippen LogP contribution in [0.2, 0.25) is 10.0 Å². The van der Waals surface area contributed by atoms with Crippen LogP contribution in [0.5, 0.6) is 11.5 Å². The fourth-order valence-corrected chi connectivity index (χ4v) is 1.90. The predicted octanol–water partition coefficient (Wildman–Crippen LogP) is 5.66. The largest absolute Gasteiger partial charge is 0.456 e. The Balaban J connectivity index is 2.25. The molecular weight excluding hydrogens is 297 g/mol. The van der Waals surface area contributed by atoms with Gasteiger partial charge in [0.25, 0.3) is 0 Å². The van der Waals surface area contributed by atoms with Crippen LogP contribution in [0.1, 0.15) is 5.56 Å². The fraction of sp³-hybridized carbons (Fsp3) is 0.0769. The summed E-state index contributed by atoms with van der Waals surface area (Å²) in [6, 6.07) is 9.38. The second kappa shape index (κ2) is 5.79. The zero-order valence-electron chi connectivity index (χ0n) is 9.09. The average molecular weight is 306 g/mol. The molecule has 0 radical (unpaired) electrons. The highest BCUT2D eigenvalue weighted by atomic mass is 35.5. The summed E-state index contributed by atoms with van der Waals surface area (Å²) in [4.78, 5) is 0. The normalized spacial score (nSPS) is 10.4. The first-order valence-corrected chi connectivity index (χ1v) is 6.36. The molecule has 0 saturated carbocycles. The summed E-state index contributed by atoms with van der Waals surface area (Å²) < 4.78 is 18.7. The van der Waals surface area contributed by atoms with E-state index in [-0.39, 0.29) is 5.02 Å². The van der Waals surface area contributed by atoms with Gasteiger partial charge in [0.2, 0.25) is 0 Å². The van der Waals surface area contributed by atoms with Gasteiger partial charge in [-0.1, -0.05) is 29.3 Å². The molecule has 0 heterocycles. The van der Waals surface area contributed by atoms with Crippen LogP contribution in [-0.4, -0.2) is 0 Å². The maximum atomic E-state index is 13.2. The summed E-state index contributed by atoms with van der Waals surface area (Å²) in [5.41, 5.74) is 0.885. The molecule has 0 amide bonds. The number of alkyl halides is 1. The molecule has 18 heavy (non-hydrogen) atoms. The Labute approximate surface area is 119 Å². The van der Waals surface area contributed by atoms with Crippen molar-refractivity contribution in [1.82, 2.24) is 0 Å². The van der Waals surface area contributed by atoms with E-state index in [0.717, 1.165) is 5.56 Å². The van der Waals surface area contributed by atoms with Gasteiger partial charge in [0.15, 0.2) is 0 Å². The highest BCUT2D eigenvalue weighted by Gasteiger charge is 2.06. The van der Waals surface area contributed by atoms with Gasteiger partial charge >= 0.3 is 0 Å². The molecule has 0 aliphatic rings. The number of rotatable bonds is 3. The van der Waals surface area contributed by atoms with Crippen LogP contribution in [-0.2, 0) is 5.88 Å². The number of hydrogen-bond donors (Lipinski definition) is 0. The summed E-state index contributed by atoms with van der Waals surface area (Å²) in [7, 11) is 0. The minimum atomic E-state index is -0.539. The van der Waals surface area contributed by atoms with Crippen molar-refractivity contribution in [2.45, 2.75) is 5.88 Å². The highest BCUT2D eigenvalue weighted by Crippen LogP contribution is 2.31. The zero-order chi connectivity index (χ0) is 13.1. The molecule has 0 unspecified atom stereocenters. The summed E-state index contributed by atoms with van der Waals surface area (Å²) >= 11 is 17.3. The van der Waals surface area contributed by atoms with Crippen LogP contribution in [0.4, 0.5) is 4.39 Å². The third kappa shape index (κ3) is 3.08. The van der Waals surface area contributed by atoms with Gasteiger partial charge in [-0.3, -0.25) is 0 Å². The van der Waals surface area contributed by atoms with Crippen LogP contribution in [0.3, 0.4) is 0 Å². The standard InChI is InChI=1S/C13H8Cl3FO/c14-7-8-1-4-13(11(16)5-8)18-9-2-3-10(15)12(17)6-9/h1-6H,7H2. The van der Waals surface area contributed by atoms with Crippen LogP contribution in [0, 0.1) is 5.82 Å². The summed E-state index contributed by atoms with van der Waals surface area (Å²) in [6.07, 6.45) is 0. The molecule has 2 aromatic carbocycles. The smallest absolute Gasteiger partial charge is 0.146 e. The lowest BCUT2D eigenvalue weighted by atomic mass is 10.2. The first kappa shape index (κ1) is 13.5. The van der Waals surface area contributed by atoms with E-state index in [1.807, 2.05) is 0 Å². The molecule has 0 N–H and O–H groups in total. The first-order valence-electron chi connectivity index (χ1n) is 5.07. The lowest BCUT2D eigenvalue weighted by Gasteiger charge is -2.08. The van der Waals surface area contributed by atoms with Crippen LogP contribution in [0.25, 0.3) is 0 Å². The maximum Gasteiger partial charge on any atom is 0.146 e. The van der Waals surface area contributed by atoms with Gasteiger partial charge in [0.1, 0.15) is 17.3 Å². The van der Waals surface area contributed by atoms with Gasteiger partial charge in [0.05, 0.1) is 10.0 Å². The monoisotopic (exact) mass is 304 g/mol. The Kier molecular flexibility index (Phi) is 4.33. The average Bonchev–Trinajstić information content (AvgIpc) is 2.36. The number of ether oxygens (including phenoxy) is 1. The van der Waals surface area contributed by atoms with Crippen molar-refractivity contribution in [3.63, 3.8) is 0 Å². The summed E-state index contributed by atoms with van der Waals surface area (Å²) in [5, 5.41) is 0.467. The molecular formula is C13H8Cl3FO. The lowest BCUT2D eigenvalue weighted by Crippen LogP contribution is -1.88. The molecule has 0 bridgehead atoms. The molecule has 5 heteroatoms. The summed E-state index contributed by atoms with van der Waals surface area (Å²) in [6.45, 7) is 0. The van der Waals surface area contributed by atoms with E-state index in [9.17, 15) is 4.39 Å². The zero-order valence-corrected chi connectivity index (χ0v) is 11.4. The van der Waals surface area contributed by atoms with E-state index in [0.29, 0.717) is 22.4 Å². The molecule has 0 aromatic heterocycles. The molecule has 0 atom stereocenters.